The largest absolute Gasteiger partial charge is 0.496 e. The molecule has 128 valence electrons. The summed E-state index contributed by atoms with van der Waals surface area (Å²) in [4.78, 5) is 16.4. The second kappa shape index (κ2) is 7.09. The fraction of sp³-hybridized carbons (Fsp3) is 0.158. The van der Waals surface area contributed by atoms with Gasteiger partial charge in [-0.3, -0.25) is 0 Å². The van der Waals surface area contributed by atoms with Gasteiger partial charge in [0, 0.05) is 11.1 Å². The molecule has 0 aromatic heterocycles. The van der Waals surface area contributed by atoms with E-state index in [1.807, 2.05) is 24.3 Å². The van der Waals surface area contributed by atoms with Crippen molar-refractivity contribution in [1.29, 1.82) is 0 Å². The Morgan fingerprint density at radius 3 is 2.36 bits per heavy atom. The zero-order valence-electron chi connectivity index (χ0n) is 14.1. The summed E-state index contributed by atoms with van der Waals surface area (Å²) in [5.41, 5.74) is 1.57. The summed E-state index contributed by atoms with van der Waals surface area (Å²) in [6.07, 6.45) is 1.63. The lowest BCUT2D eigenvalue weighted by atomic mass is 10.1. The Bertz CT molecular complexity index is 870. The van der Waals surface area contributed by atoms with Crippen LogP contribution in [0.25, 0.3) is 6.08 Å². The van der Waals surface area contributed by atoms with Gasteiger partial charge in [-0.25, -0.2) is 9.79 Å². The maximum absolute atomic E-state index is 12.1. The lowest BCUT2D eigenvalue weighted by Crippen LogP contribution is -2.06. The lowest BCUT2D eigenvalue weighted by molar-refractivity contribution is -0.129. The van der Waals surface area contributed by atoms with Gasteiger partial charge in [-0.15, -0.1) is 0 Å². The number of carbonyl (C=O) groups excluding carboxylic acids is 1. The molecule has 2 aromatic carbocycles. The van der Waals surface area contributed by atoms with E-state index >= 15 is 0 Å². The number of aliphatic imine (C=N–C) groups is 1. The number of nitrogens with zero attached hydrogens (tertiary/aromatic N) is 1. The Labute approximate surface area is 145 Å². The average Bonchev–Trinajstić information content (AvgIpc) is 3.02. The summed E-state index contributed by atoms with van der Waals surface area (Å²) < 4.78 is 21.0. The van der Waals surface area contributed by atoms with Crippen LogP contribution in [0.5, 0.6) is 17.2 Å². The molecule has 0 radical (unpaired) electrons. The Hall–Kier alpha value is -3.28. The van der Waals surface area contributed by atoms with Crippen molar-refractivity contribution in [2.24, 2.45) is 4.99 Å². The zero-order chi connectivity index (χ0) is 17.8. The van der Waals surface area contributed by atoms with Crippen molar-refractivity contribution in [2.45, 2.75) is 0 Å². The molecule has 6 heteroatoms. The second-order valence-corrected chi connectivity index (χ2v) is 5.15. The number of hydrogen-bond donors (Lipinski definition) is 0. The van der Waals surface area contributed by atoms with E-state index in [0.29, 0.717) is 22.8 Å². The van der Waals surface area contributed by atoms with Gasteiger partial charge < -0.3 is 18.9 Å². The summed E-state index contributed by atoms with van der Waals surface area (Å²) in [7, 11) is 4.67. The van der Waals surface area contributed by atoms with E-state index in [4.69, 9.17) is 18.9 Å². The SMILES string of the molecule is COc1ccccc1C=C1N=C(c2ccc(OC)c(OC)c2)OC1=O. The van der Waals surface area contributed by atoms with Crippen molar-refractivity contribution in [3.05, 3.63) is 59.3 Å². The monoisotopic (exact) mass is 339 g/mol. The van der Waals surface area contributed by atoms with Crippen LogP contribution in [-0.2, 0) is 9.53 Å². The molecule has 6 nitrogen and oxygen atoms in total. The van der Waals surface area contributed by atoms with Gasteiger partial charge in [0.15, 0.2) is 17.2 Å². The first kappa shape index (κ1) is 16.6. The van der Waals surface area contributed by atoms with Gasteiger partial charge in [-0.1, -0.05) is 18.2 Å². The van der Waals surface area contributed by atoms with E-state index in [0.717, 1.165) is 5.56 Å². The Morgan fingerprint density at radius 1 is 0.920 bits per heavy atom. The van der Waals surface area contributed by atoms with Gasteiger partial charge >= 0.3 is 5.97 Å². The maximum atomic E-state index is 12.1. The van der Waals surface area contributed by atoms with Crippen LogP contribution < -0.4 is 14.2 Å². The van der Waals surface area contributed by atoms with E-state index in [2.05, 4.69) is 4.99 Å². The number of esters is 1. The van der Waals surface area contributed by atoms with Gasteiger partial charge in [-0.05, 0) is 30.3 Å². The van der Waals surface area contributed by atoms with Gasteiger partial charge in [-0.2, -0.15) is 0 Å². The van der Waals surface area contributed by atoms with Crippen LogP contribution in [0.15, 0.2) is 53.2 Å². The number of hydrogen-bond acceptors (Lipinski definition) is 6. The van der Waals surface area contributed by atoms with Crippen molar-refractivity contribution >= 4 is 17.9 Å². The van der Waals surface area contributed by atoms with Gasteiger partial charge in [0.25, 0.3) is 0 Å². The molecule has 0 amide bonds. The quantitative estimate of drug-likeness (QED) is 0.619. The molecule has 0 saturated heterocycles. The zero-order valence-corrected chi connectivity index (χ0v) is 14.1. The maximum Gasteiger partial charge on any atom is 0.363 e. The van der Waals surface area contributed by atoms with Crippen LogP contribution >= 0.6 is 0 Å². The highest BCUT2D eigenvalue weighted by molar-refractivity contribution is 6.13. The molecular weight excluding hydrogens is 322 g/mol. The van der Waals surface area contributed by atoms with Gasteiger partial charge in [0.05, 0.1) is 21.3 Å². The van der Waals surface area contributed by atoms with E-state index in [1.54, 1.807) is 38.5 Å². The van der Waals surface area contributed by atoms with Crippen LogP contribution in [0.4, 0.5) is 0 Å². The van der Waals surface area contributed by atoms with Crippen molar-refractivity contribution < 1.29 is 23.7 Å². The predicted molar refractivity (Wildman–Crippen MR) is 93.1 cm³/mol. The Kier molecular flexibility index (Phi) is 4.70. The number of cyclic esters (lactones) is 1. The highest BCUT2D eigenvalue weighted by Crippen LogP contribution is 2.30. The number of rotatable bonds is 5. The van der Waals surface area contributed by atoms with E-state index in [9.17, 15) is 4.79 Å². The highest BCUT2D eigenvalue weighted by atomic mass is 16.6. The molecule has 0 atom stereocenters. The minimum absolute atomic E-state index is 0.203. The number of para-hydroxylation sites is 1. The van der Waals surface area contributed by atoms with Crippen LogP contribution in [0.1, 0.15) is 11.1 Å². The fourth-order valence-corrected chi connectivity index (χ4v) is 2.43. The molecular formula is C19H17NO5. The molecule has 1 aliphatic heterocycles. The minimum Gasteiger partial charge on any atom is -0.496 e. The summed E-state index contributed by atoms with van der Waals surface area (Å²) in [5.74, 6) is 1.46. The highest BCUT2D eigenvalue weighted by Gasteiger charge is 2.25. The molecule has 0 spiro atoms. The average molecular weight is 339 g/mol. The molecule has 25 heavy (non-hydrogen) atoms. The van der Waals surface area contributed by atoms with Crippen LogP contribution in [0, 0.1) is 0 Å². The van der Waals surface area contributed by atoms with Gasteiger partial charge in [0.2, 0.25) is 5.90 Å². The Morgan fingerprint density at radius 2 is 1.64 bits per heavy atom. The minimum atomic E-state index is -0.518. The van der Waals surface area contributed by atoms with Crippen molar-refractivity contribution in [2.75, 3.05) is 21.3 Å². The predicted octanol–water partition coefficient (Wildman–Crippen LogP) is 3.06. The molecule has 2 aromatic rings. The summed E-state index contributed by atoms with van der Waals surface area (Å²) in [5, 5.41) is 0. The normalized spacial score (nSPS) is 14.9. The van der Waals surface area contributed by atoms with Crippen LogP contribution in [-0.4, -0.2) is 33.2 Å². The molecule has 0 aliphatic carbocycles. The topological polar surface area (TPSA) is 66.3 Å². The third-order valence-corrected chi connectivity index (χ3v) is 3.68. The van der Waals surface area contributed by atoms with Gasteiger partial charge in [0.1, 0.15) is 5.75 Å². The van der Waals surface area contributed by atoms with E-state index < -0.39 is 5.97 Å². The molecule has 0 N–H and O–H groups in total. The van der Waals surface area contributed by atoms with Crippen molar-refractivity contribution in [3.63, 3.8) is 0 Å². The standard InChI is InChI=1S/C19H17NO5/c1-22-15-7-5-4-6-12(15)10-14-19(21)25-18(20-14)13-8-9-16(23-2)17(11-13)24-3/h4-11H,1-3H3. The Balaban J connectivity index is 1.96. The molecule has 0 saturated carbocycles. The fourth-order valence-electron chi connectivity index (χ4n) is 2.43. The molecule has 0 fully saturated rings. The first-order chi connectivity index (χ1) is 12.2. The first-order valence-corrected chi connectivity index (χ1v) is 7.54. The second-order valence-electron chi connectivity index (χ2n) is 5.15. The molecule has 3 rings (SSSR count). The number of ether oxygens (including phenoxy) is 4. The van der Waals surface area contributed by atoms with Crippen LogP contribution in [0.2, 0.25) is 0 Å². The molecule has 1 aliphatic rings. The first-order valence-electron chi connectivity index (χ1n) is 7.54. The van der Waals surface area contributed by atoms with Crippen LogP contribution in [0.3, 0.4) is 0 Å². The number of carbonyl (C=O) groups is 1. The molecule has 0 unspecified atom stereocenters. The van der Waals surface area contributed by atoms with E-state index in [-0.39, 0.29) is 11.6 Å². The lowest BCUT2D eigenvalue weighted by Gasteiger charge is -2.08. The summed E-state index contributed by atoms with van der Waals surface area (Å²) >= 11 is 0. The molecule has 0 bridgehead atoms. The smallest absolute Gasteiger partial charge is 0.363 e. The molecule has 1 heterocycles. The number of benzene rings is 2. The third kappa shape index (κ3) is 3.33. The van der Waals surface area contributed by atoms with E-state index in [1.165, 1.54) is 7.11 Å². The van der Waals surface area contributed by atoms with Crippen molar-refractivity contribution in [1.82, 2.24) is 0 Å². The number of methoxy groups -OCH3 is 3. The van der Waals surface area contributed by atoms with Crippen molar-refractivity contribution in [3.8, 4) is 17.2 Å². The summed E-state index contributed by atoms with van der Waals surface area (Å²) in [6.45, 7) is 0. The summed E-state index contributed by atoms with van der Waals surface area (Å²) in [6, 6.07) is 12.5. The third-order valence-electron chi connectivity index (χ3n) is 3.68.